The molecule has 18 heavy (non-hydrogen) atoms. The largest absolute Gasteiger partial charge is 0.495 e. The molecule has 0 saturated carbocycles. The zero-order chi connectivity index (χ0) is 13.3. The van der Waals surface area contributed by atoms with Crippen molar-refractivity contribution in [1.29, 1.82) is 0 Å². The van der Waals surface area contributed by atoms with E-state index in [1.165, 1.54) is 13.2 Å². The Morgan fingerprint density at radius 3 is 2.56 bits per heavy atom. The van der Waals surface area contributed by atoms with Crippen molar-refractivity contribution in [2.24, 2.45) is 0 Å². The first kappa shape index (κ1) is 12.4. The fraction of sp³-hybridized carbons (Fsp3) is 0.182. The summed E-state index contributed by atoms with van der Waals surface area (Å²) in [5.41, 5.74) is 6.62. The van der Waals surface area contributed by atoms with Crippen molar-refractivity contribution < 1.29 is 17.7 Å². The molecule has 0 aliphatic carbocycles. The van der Waals surface area contributed by atoms with Crippen LogP contribution in [0.5, 0.6) is 5.75 Å². The van der Waals surface area contributed by atoms with Gasteiger partial charge in [0, 0.05) is 17.9 Å². The quantitative estimate of drug-likeness (QED) is 0.902. The monoisotopic (exact) mass is 268 g/mol. The first-order chi connectivity index (χ1) is 8.41. The summed E-state index contributed by atoms with van der Waals surface area (Å²) < 4.78 is 32.9. The van der Waals surface area contributed by atoms with E-state index in [4.69, 9.17) is 15.0 Å². The molecule has 0 atom stereocenters. The van der Waals surface area contributed by atoms with Gasteiger partial charge >= 0.3 is 0 Å². The lowest BCUT2D eigenvalue weighted by Gasteiger charge is -2.07. The van der Waals surface area contributed by atoms with Crippen LogP contribution in [0, 0.1) is 0 Å². The van der Waals surface area contributed by atoms with Gasteiger partial charge in [0.1, 0.15) is 16.3 Å². The minimum absolute atomic E-state index is 0.130. The highest BCUT2D eigenvalue weighted by Crippen LogP contribution is 2.30. The molecule has 0 amide bonds. The van der Waals surface area contributed by atoms with Crippen LogP contribution in [0.15, 0.2) is 33.7 Å². The van der Waals surface area contributed by atoms with E-state index in [0.29, 0.717) is 11.3 Å². The van der Waals surface area contributed by atoms with Gasteiger partial charge in [-0.15, -0.1) is 0 Å². The Hall–Kier alpha value is -2.02. The van der Waals surface area contributed by atoms with Crippen molar-refractivity contribution in [3.05, 3.63) is 24.3 Å². The number of aromatic nitrogens is 1. The van der Waals surface area contributed by atoms with Crippen LogP contribution < -0.4 is 10.5 Å². The zero-order valence-electron chi connectivity index (χ0n) is 9.88. The van der Waals surface area contributed by atoms with Gasteiger partial charge in [0.25, 0.3) is 0 Å². The fourth-order valence-corrected chi connectivity index (χ4v) is 2.38. The van der Waals surface area contributed by atoms with Crippen molar-refractivity contribution in [1.82, 2.24) is 5.16 Å². The minimum atomic E-state index is -3.33. The van der Waals surface area contributed by atoms with Gasteiger partial charge in [-0.05, 0) is 12.1 Å². The number of anilines is 1. The Labute approximate surface area is 104 Å². The standard InChI is InChI=1S/C11H12N2O4S/c1-16-9-5-7(8-6-11(12)17-13-8)3-4-10(9)18(2,14)15/h3-6H,12H2,1-2H3. The number of hydrogen-bond donors (Lipinski definition) is 1. The molecule has 0 aliphatic rings. The lowest BCUT2D eigenvalue weighted by molar-refractivity contribution is 0.403. The average Bonchev–Trinajstić information content (AvgIpc) is 2.74. The lowest BCUT2D eigenvalue weighted by Crippen LogP contribution is -2.00. The normalized spacial score (nSPS) is 11.4. The second kappa shape index (κ2) is 4.34. The number of ether oxygens (including phenoxy) is 1. The maximum Gasteiger partial charge on any atom is 0.222 e. The molecule has 0 spiro atoms. The van der Waals surface area contributed by atoms with Crippen LogP contribution in [-0.4, -0.2) is 26.9 Å². The average molecular weight is 268 g/mol. The van der Waals surface area contributed by atoms with Gasteiger partial charge in [-0.1, -0.05) is 11.2 Å². The van der Waals surface area contributed by atoms with Gasteiger partial charge in [-0.25, -0.2) is 8.42 Å². The maximum atomic E-state index is 11.5. The Morgan fingerprint density at radius 1 is 1.33 bits per heavy atom. The van der Waals surface area contributed by atoms with Crippen LogP contribution >= 0.6 is 0 Å². The SMILES string of the molecule is COc1cc(-c2cc(N)on2)ccc1S(C)(=O)=O. The van der Waals surface area contributed by atoms with E-state index in [9.17, 15) is 8.42 Å². The number of nitrogens with zero attached hydrogens (tertiary/aromatic N) is 1. The molecule has 2 N–H and O–H groups in total. The Balaban J connectivity index is 2.55. The summed E-state index contributed by atoms with van der Waals surface area (Å²) in [7, 11) is -1.93. The molecule has 0 saturated heterocycles. The van der Waals surface area contributed by atoms with Gasteiger partial charge in [0.05, 0.1) is 7.11 Å². The smallest absolute Gasteiger partial charge is 0.222 e. The summed E-state index contributed by atoms with van der Waals surface area (Å²) in [5, 5.41) is 3.75. The lowest BCUT2D eigenvalue weighted by atomic mass is 10.1. The highest BCUT2D eigenvalue weighted by Gasteiger charge is 2.16. The van der Waals surface area contributed by atoms with Gasteiger partial charge in [0.2, 0.25) is 5.88 Å². The molecule has 0 bridgehead atoms. The zero-order valence-corrected chi connectivity index (χ0v) is 10.7. The van der Waals surface area contributed by atoms with Crippen LogP contribution in [0.2, 0.25) is 0 Å². The molecule has 1 aromatic carbocycles. The van der Waals surface area contributed by atoms with Gasteiger partial charge < -0.3 is 15.0 Å². The highest BCUT2D eigenvalue weighted by atomic mass is 32.2. The highest BCUT2D eigenvalue weighted by molar-refractivity contribution is 7.90. The number of nitrogen functional groups attached to an aromatic ring is 1. The van der Waals surface area contributed by atoms with Crippen molar-refractivity contribution in [3.8, 4) is 17.0 Å². The second-order valence-electron chi connectivity index (χ2n) is 3.75. The second-order valence-corrected chi connectivity index (χ2v) is 5.74. The summed E-state index contributed by atoms with van der Waals surface area (Å²) in [6, 6.07) is 6.22. The number of benzene rings is 1. The van der Waals surface area contributed by atoms with E-state index < -0.39 is 9.84 Å². The van der Waals surface area contributed by atoms with E-state index in [-0.39, 0.29) is 16.5 Å². The predicted octanol–water partition coefficient (Wildman–Crippen LogP) is 1.34. The van der Waals surface area contributed by atoms with Crippen molar-refractivity contribution in [3.63, 3.8) is 0 Å². The summed E-state index contributed by atoms with van der Waals surface area (Å²) in [5.74, 6) is 0.452. The molecule has 2 rings (SSSR count). The van der Waals surface area contributed by atoms with Gasteiger partial charge in [-0.3, -0.25) is 0 Å². The fourth-order valence-electron chi connectivity index (χ4n) is 1.56. The summed E-state index contributed by atoms with van der Waals surface area (Å²) >= 11 is 0. The molecular weight excluding hydrogens is 256 g/mol. The molecule has 0 aliphatic heterocycles. The summed E-state index contributed by atoms with van der Waals surface area (Å²) in [6.07, 6.45) is 1.12. The maximum absolute atomic E-state index is 11.5. The van der Waals surface area contributed by atoms with E-state index in [2.05, 4.69) is 5.16 Å². The third-order valence-electron chi connectivity index (χ3n) is 2.39. The number of sulfone groups is 1. The molecule has 0 unspecified atom stereocenters. The molecule has 1 aromatic heterocycles. The third kappa shape index (κ3) is 2.30. The Bertz CT molecular complexity index is 676. The summed E-state index contributed by atoms with van der Waals surface area (Å²) in [6.45, 7) is 0. The van der Waals surface area contributed by atoms with Crippen LogP contribution in [0.1, 0.15) is 0 Å². The Morgan fingerprint density at radius 2 is 2.06 bits per heavy atom. The first-order valence-electron chi connectivity index (χ1n) is 5.02. The minimum Gasteiger partial charge on any atom is -0.495 e. The van der Waals surface area contributed by atoms with Crippen LogP contribution in [0.25, 0.3) is 11.3 Å². The van der Waals surface area contributed by atoms with Crippen molar-refractivity contribution >= 4 is 15.7 Å². The topological polar surface area (TPSA) is 95.4 Å². The molecular formula is C11H12N2O4S. The number of rotatable bonds is 3. The number of nitrogens with two attached hydrogens (primary N) is 1. The Kier molecular flexibility index (Phi) is 3.00. The first-order valence-corrected chi connectivity index (χ1v) is 6.91. The van der Waals surface area contributed by atoms with Gasteiger partial charge in [0.15, 0.2) is 9.84 Å². The molecule has 96 valence electrons. The molecule has 1 heterocycles. The summed E-state index contributed by atoms with van der Waals surface area (Å²) in [4.78, 5) is 0.130. The van der Waals surface area contributed by atoms with E-state index in [0.717, 1.165) is 6.26 Å². The van der Waals surface area contributed by atoms with E-state index >= 15 is 0 Å². The predicted molar refractivity (Wildman–Crippen MR) is 66.0 cm³/mol. The molecule has 0 fully saturated rings. The molecule has 6 nitrogen and oxygen atoms in total. The van der Waals surface area contributed by atoms with E-state index in [1.807, 2.05) is 0 Å². The van der Waals surface area contributed by atoms with Crippen LogP contribution in [0.4, 0.5) is 5.88 Å². The molecule has 7 heteroatoms. The molecule has 2 aromatic rings. The van der Waals surface area contributed by atoms with Gasteiger partial charge in [-0.2, -0.15) is 0 Å². The van der Waals surface area contributed by atoms with Crippen molar-refractivity contribution in [2.75, 3.05) is 19.1 Å². The van der Waals surface area contributed by atoms with Crippen LogP contribution in [0.3, 0.4) is 0 Å². The third-order valence-corrected chi connectivity index (χ3v) is 3.52. The van der Waals surface area contributed by atoms with Crippen LogP contribution in [-0.2, 0) is 9.84 Å². The number of methoxy groups -OCH3 is 1. The molecule has 0 radical (unpaired) electrons. The number of hydrogen-bond acceptors (Lipinski definition) is 6. The van der Waals surface area contributed by atoms with Crippen molar-refractivity contribution in [2.45, 2.75) is 4.90 Å². The van der Waals surface area contributed by atoms with E-state index in [1.54, 1.807) is 18.2 Å².